The third-order valence-electron chi connectivity index (χ3n) is 3.86. The Kier molecular flexibility index (Phi) is 3.57. The van der Waals surface area contributed by atoms with E-state index in [1.54, 1.807) is 0 Å². The molecule has 2 aromatic carbocycles. The minimum Gasteiger partial charge on any atom is -0.354 e. The van der Waals surface area contributed by atoms with Gasteiger partial charge in [0.2, 0.25) is 5.43 Å². The molecule has 0 atom stereocenters. The summed E-state index contributed by atoms with van der Waals surface area (Å²) in [6.45, 7) is 5.63. The average Bonchev–Trinajstić information content (AvgIpc) is 2.66. The van der Waals surface area contributed by atoms with Crippen LogP contribution in [-0.2, 0) is 0 Å². The molecule has 3 aromatic rings. The van der Waals surface area contributed by atoms with E-state index in [-0.39, 0.29) is 5.43 Å². The summed E-state index contributed by atoms with van der Waals surface area (Å²) < 4.78 is 0. The Morgan fingerprint density at radius 3 is 2.10 bits per heavy atom. The number of rotatable bonds is 3. The van der Waals surface area contributed by atoms with Gasteiger partial charge in [-0.3, -0.25) is 4.79 Å². The van der Waals surface area contributed by atoms with E-state index in [0.29, 0.717) is 5.82 Å². The van der Waals surface area contributed by atoms with Crippen LogP contribution in [0.25, 0.3) is 21.7 Å². The standard InChI is InChI=1S/C18H18N2O/c1-3-20(4-2)18-17(21)15-11-6-5-9-13(15)14-10-7-8-12-16(14)19-18/h5-12H,3-4H2,1-2H3. The fourth-order valence-electron chi connectivity index (χ4n) is 2.74. The van der Waals surface area contributed by atoms with Crippen LogP contribution in [0.1, 0.15) is 13.8 Å². The number of anilines is 1. The van der Waals surface area contributed by atoms with Gasteiger partial charge in [0.25, 0.3) is 0 Å². The second-order valence-electron chi connectivity index (χ2n) is 5.00. The summed E-state index contributed by atoms with van der Waals surface area (Å²) >= 11 is 0. The van der Waals surface area contributed by atoms with Crippen molar-refractivity contribution in [3.05, 3.63) is 58.8 Å². The van der Waals surface area contributed by atoms with Crippen LogP contribution in [-0.4, -0.2) is 18.1 Å². The second-order valence-corrected chi connectivity index (χ2v) is 5.00. The van der Waals surface area contributed by atoms with Gasteiger partial charge in [0.15, 0.2) is 5.82 Å². The topological polar surface area (TPSA) is 33.2 Å². The van der Waals surface area contributed by atoms with Crippen molar-refractivity contribution in [2.75, 3.05) is 18.0 Å². The maximum atomic E-state index is 12.9. The van der Waals surface area contributed by atoms with E-state index < -0.39 is 0 Å². The highest BCUT2D eigenvalue weighted by molar-refractivity contribution is 6.05. The molecule has 21 heavy (non-hydrogen) atoms. The molecule has 106 valence electrons. The predicted molar refractivity (Wildman–Crippen MR) is 89.1 cm³/mol. The zero-order valence-electron chi connectivity index (χ0n) is 12.3. The minimum absolute atomic E-state index is 0.00509. The van der Waals surface area contributed by atoms with Crippen molar-refractivity contribution >= 4 is 27.5 Å². The van der Waals surface area contributed by atoms with E-state index >= 15 is 0 Å². The van der Waals surface area contributed by atoms with Crippen LogP contribution in [0.4, 0.5) is 5.82 Å². The molecule has 3 rings (SSSR count). The van der Waals surface area contributed by atoms with Gasteiger partial charge in [0.1, 0.15) is 0 Å². The van der Waals surface area contributed by atoms with Gasteiger partial charge < -0.3 is 4.90 Å². The van der Waals surface area contributed by atoms with Gasteiger partial charge in [-0.25, -0.2) is 4.98 Å². The van der Waals surface area contributed by atoms with Gasteiger partial charge in [0, 0.05) is 23.9 Å². The number of hydrogen-bond donors (Lipinski definition) is 0. The fourth-order valence-corrected chi connectivity index (χ4v) is 2.74. The molecule has 0 saturated carbocycles. The van der Waals surface area contributed by atoms with Crippen LogP contribution < -0.4 is 10.3 Å². The summed E-state index contributed by atoms with van der Waals surface area (Å²) in [5, 5.41) is 2.71. The number of aromatic nitrogens is 1. The highest BCUT2D eigenvalue weighted by atomic mass is 16.1. The molecule has 0 bridgehead atoms. The number of nitrogens with zero attached hydrogens (tertiary/aromatic N) is 2. The van der Waals surface area contributed by atoms with E-state index in [1.807, 2.05) is 67.3 Å². The monoisotopic (exact) mass is 278 g/mol. The molecule has 0 unspecified atom stereocenters. The number of para-hydroxylation sites is 1. The first-order valence-electron chi connectivity index (χ1n) is 7.33. The Hall–Kier alpha value is -2.42. The van der Waals surface area contributed by atoms with Gasteiger partial charge in [-0.15, -0.1) is 0 Å². The van der Waals surface area contributed by atoms with Crippen LogP contribution >= 0.6 is 0 Å². The molecular formula is C18H18N2O. The minimum atomic E-state index is 0.00509. The molecule has 3 nitrogen and oxygen atoms in total. The van der Waals surface area contributed by atoms with Crippen LogP contribution in [0.2, 0.25) is 0 Å². The molecule has 0 amide bonds. The molecule has 0 spiro atoms. The van der Waals surface area contributed by atoms with E-state index in [4.69, 9.17) is 0 Å². The number of fused-ring (bicyclic) bond motifs is 3. The molecule has 0 saturated heterocycles. The largest absolute Gasteiger partial charge is 0.354 e. The zero-order chi connectivity index (χ0) is 14.8. The SMILES string of the molecule is CCN(CC)c1nc2ccccc2c2ccccc2c1=O. The highest BCUT2D eigenvalue weighted by Gasteiger charge is 2.12. The molecule has 0 aliphatic rings. The van der Waals surface area contributed by atoms with Crippen molar-refractivity contribution in [3.63, 3.8) is 0 Å². The van der Waals surface area contributed by atoms with E-state index in [2.05, 4.69) is 4.98 Å². The first kappa shape index (κ1) is 13.6. The summed E-state index contributed by atoms with van der Waals surface area (Å²) in [5.74, 6) is 0.539. The van der Waals surface area contributed by atoms with Crippen molar-refractivity contribution in [3.8, 4) is 0 Å². The first-order chi connectivity index (χ1) is 10.3. The van der Waals surface area contributed by atoms with Gasteiger partial charge in [-0.05, 0) is 25.3 Å². The fraction of sp³-hybridized carbons (Fsp3) is 0.222. The van der Waals surface area contributed by atoms with Crippen molar-refractivity contribution < 1.29 is 0 Å². The van der Waals surface area contributed by atoms with Crippen LogP contribution in [0.3, 0.4) is 0 Å². The molecule has 0 radical (unpaired) electrons. The van der Waals surface area contributed by atoms with E-state index in [1.165, 1.54) is 0 Å². The molecular weight excluding hydrogens is 260 g/mol. The van der Waals surface area contributed by atoms with Gasteiger partial charge in [-0.2, -0.15) is 0 Å². The Morgan fingerprint density at radius 2 is 1.43 bits per heavy atom. The number of hydrogen-bond acceptors (Lipinski definition) is 3. The van der Waals surface area contributed by atoms with Crippen molar-refractivity contribution in [2.24, 2.45) is 0 Å². The summed E-state index contributed by atoms with van der Waals surface area (Å²) in [4.78, 5) is 19.6. The van der Waals surface area contributed by atoms with Crippen LogP contribution in [0.15, 0.2) is 53.3 Å². The van der Waals surface area contributed by atoms with E-state index in [9.17, 15) is 4.79 Å². The Labute approximate surface area is 123 Å². The average molecular weight is 278 g/mol. The van der Waals surface area contributed by atoms with E-state index in [0.717, 1.165) is 34.8 Å². The Balaban J connectivity index is 2.55. The zero-order valence-corrected chi connectivity index (χ0v) is 12.3. The Morgan fingerprint density at radius 1 is 0.857 bits per heavy atom. The maximum absolute atomic E-state index is 12.9. The lowest BCUT2D eigenvalue weighted by Gasteiger charge is -2.17. The summed E-state index contributed by atoms with van der Waals surface area (Å²) in [6, 6.07) is 15.7. The molecule has 1 heterocycles. The lowest BCUT2D eigenvalue weighted by molar-refractivity contribution is 0.847. The van der Waals surface area contributed by atoms with Gasteiger partial charge in [0.05, 0.1) is 5.52 Å². The predicted octanol–water partition coefficient (Wildman–Crippen LogP) is 3.59. The lowest BCUT2D eigenvalue weighted by Crippen LogP contribution is -2.27. The summed E-state index contributed by atoms with van der Waals surface area (Å²) in [7, 11) is 0. The number of benzene rings is 2. The van der Waals surface area contributed by atoms with Gasteiger partial charge >= 0.3 is 0 Å². The molecule has 0 N–H and O–H groups in total. The second kappa shape index (κ2) is 5.52. The quantitative estimate of drug-likeness (QED) is 0.734. The Bertz CT molecular complexity index is 854. The third-order valence-corrected chi connectivity index (χ3v) is 3.86. The third kappa shape index (κ3) is 2.25. The molecule has 1 aromatic heterocycles. The summed E-state index contributed by atoms with van der Waals surface area (Å²) in [5.41, 5.74) is 0.864. The smallest absolute Gasteiger partial charge is 0.228 e. The van der Waals surface area contributed by atoms with Crippen molar-refractivity contribution in [2.45, 2.75) is 13.8 Å². The highest BCUT2D eigenvalue weighted by Crippen LogP contribution is 2.22. The van der Waals surface area contributed by atoms with Crippen LogP contribution in [0.5, 0.6) is 0 Å². The molecule has 0 aliphatic carbocycles. The maximum Gasteiger partial charge on any atom is 0.228 e. The first-order valence-corrected chi connectivity index (χ1v) is 7.33. The van der Waals surface area contributed by atoms with Crippen LogP contribution in [0, 0.1) is 0 Å². The lowest BCUT2D eigenvalue weighted by atomic mass is 10.1. The summed E-state index contributed by atoms with van der Waals surface area (Å²) in [6.07, 6.45) is 0. The molecule has 3 heteroatoms. The van der Waals surface area contributed by atoms with Crippen molar-refractivity contribution in [1.29, 1.82) is 0 Å². The normalized spacial score (nSPS) is 11.0. The van der Waals surface area contributed by atoms with Crippen molar-refractivity contribution in [1.82, 2.24) is 4.98 Å². The molecule has 0 fully saturated rings. The van der Waals surface area contributed by atoms with Gasteiger partial charge in [-0.1, -0.05) is 42.5 Å². The molecule has 0 aliphatic heterocycles.